The SMILES string of the molecule is COC(=O)c1ccc(NC(=O)[C@H](c2ccc(Cl)cc2)C(C)C)cc1. The van der Waals surface area contributed by atoms with Gasteiger partial charge in [-0.3, -0.25) is 4.79 Å². The van der Waals surface area contributed by atoms with Crippen LogP contribution in [0.25, 0.3) is 0 Å². The number of ether oxygens (including phenoxy) is 1. The molecule has 2 aromatic rings. The fourth-order valence-corrected chi connectivity index (χ4v) is 2.66. The number of esters is 1. The first-order valence-corrected chi connectivity index (χ1v) is 8.05. The summed E-state index contributed by atoms with van der Waals surface area (Å²) in [7, 11) is 1.33. The quantitative estimate of drug-likeness (QED) is 0.811. The van der Waals surface area contributed by atoms with Crippen LogP contribution in [0, 0.1) is 5.92 Å². The van der Waals surface area contributed by atoms with E-state index in [1.165, 1.54) is 7.11 Å². The third-order valence-electron chi connectivity index (χ3n) is 3.75. The maximum atomic E-state index is 12.7. The topological polar surface area (TPSA) is 55.4 Å². The van der Waals surface area contributed by atoms with Crippen molar-refractivity contribution in [1.82, 2.24) is 0 Å². The lowest BCUT2D eigenvalue weighted by Crippen LogP contribution is -2.25. The summed E-state index contributed by atoms with van der Waals surface area (Å²) in [4.78, 5) is 24.1. The highest BCUT2D eigenvalue weighted by molar-refractivity contribution is 6.30. The van der Waals surface area contributed by atoms with Gasteiger partial charge in [0.2, 0.25) is 5.91 Å². The lowest BCUT2D eigenvalue weighted by Gasteiger charge is -2.21. The number of nitrogens with one attached hydrogen (secondary N) is 1. The van der Waals surface area contributed by atoms with Crippen LogP contribution < -0.4 is 5.32 Å². The molecule has 0 spiro atoms. The predicted molar refractivity (Wildman–Crippen MR) is 95.4 cm³/mol. The third-order valence-corrected chi connectivity index (χ3v) is 4.00. The summed E-state index contributed by atoms with van der Waals surface area (Å²) in [6.07, 6.45) is 0. The third kappa shape index (κ3) is 4.36. The molecule has 0 heterocycles. The Labute approximate surface area is 146 Å². The van der Waals surface area contributed by atoms with Crippen molar-refractivity contribution in [1.29, 1.82) is 0 Å². The van der Waals surface area contributed by atoms with E-state index in [0.29, 0.717) is 16.3 Å². The average Bonchev–Trinajstić information content (AvgIpc) is 2.56. The van der Waals surface area contributed by atoms with Crippen LogP contribution >= 0.6 is 11.6 Å². The van der Waals surface area contributed by atoms with Gasteiger partial charge in [-0.25, -0.2) is 4.79 Å². The highest BCUT2D eigenvalue weighted by atomic mass is 35.5. The van der Waals surface area contributed by atoms with E-state index in [9.17, 15) is 9.59 Å². The summed E-state index contributed by atoms with van der Waals surface area (Å²) in [6, 6.07) is 13.9. The molecule has 0 aliphatic carbocycles. The lowest BCUT2D eigenvalue weighted by atomic mass is 9.87. The molecule has 0 aliphatic heterocycles. The van der Waals surface area contributed by atoms with E-state index in [1.807, 2.05) is 26.0 Å². The molecule has 4 nitrogen and oxygen atoms in total. The zero-order valence-electron chi connectivity index (χ0n) is 13.9. The van der Waals surface area contributed by atoms with Crippen LogP contribution in [0.4, 0.5) is 5.69 Å². The predicted octanol–water partition coefficient (Wildman–Crippen LogP) is 4.50. The van der Waals surface area contributed by atoms with E-state index in [4.69, 9.17) is 11.6 Å². The van der Waals surface area contributed by atoms with E-state index in [-0.39, 0.29) is 17.7 Å². The van der Waals surface area contributed by atoms with Crippen molar-refractivity contribution in [3.8, 4) is 0 Å². The van der Waals surface area contributed by atoms with E-state index < -0.39 is 5.97 Å². The van der Waals surface area contributed by atoms with Crippen molar-refractivity contribution in [3.63, 3.8) is 0 Å². The highest BCUT2D eigenvalue weighted by Crippen LogP contribution is 2.27. The molecular weight excluding hydrogens is 326 g/mol. The largest absolute Gasteiger partial charge is 0.465 e. The monoisotopic (exact) mass is 345 g/mol. The molecule has 126 valence electrons. The zero-order chi connectivity index (χ0) is 17.7. The van der Waals surface area contributed by atoms with Crippen LogP contribution in [-0.2, 0) is 9.53 Å². The molecule has 1 atom stereocenters. The van der Waals surface area contributed by atoms with Gasteiger partial charge in [-0.2, -0.15) is 0 Å². The maximum Gasteiger partial charge on any atom is 0.337 e. The van der Waals surface area contributed by atoms with Crippen LogP contribution in [0.5, 0.6) is 0 Å². The van der Waals surface area contributed by atoms with Gasteiger partial charge in [0.25, 0.3) is 0 Å². The molecule has 1 amide bonds. The minimum Gasteiger partial charge on any atom is -0.465 e. The standard InChI is InChI=1S/C19H20ClNO3/c1-12(2)17(13-4-8-15(20)9-5-13)18(22)21-16-10-6-14(7-11-16)19(23)24-3/h4-12,17H,1-3H3,(H,21,22)/t17-/m0/s1. The van der Waals surface area contributed by atoms with Crippen molar-refractivity contribution in [2.45, 2.75) is 19.8 Å². The molecule has 0 saturated carbocycles. The first-order chi connectivity index (χ1) is 11.4. The Hall–Kier alpha value is -2.33. The average molecular weight is 346 g/mol. The van der Waals surface area contributed by atoms with E-state index in [1.54, 1.807) is 36.4 Å². The second-order valence-electron chi connectivity index (χ2n) is 5.83. The molecule has 0 saturated heterocycles. The molecular formula is C19H20ClNO3. The number of rotatable bonds is 5. The second kappa shape index (κ2) is 7.97. The van der Waals surface area contributed by atoms with Crippen LogP contribution in [0.2, 0.25) is 5.02 Å². The number of amides is 1. The smallest absolute Gasteiger partial charge is 0.337 e. The number of hydrogen-bond donors (Lipinski definition) is 1. The van der Waals surface area contributed by atoms with E-state index in [0.717, 1.165) is 5.56 Å². The van der Waals surface area contributed by atoms with Gasteiger partial charge in [-0.05, 0) is 47.9 Å². The van der Waals surface area contributed by atoms with Crippen molar-refractivity contribution in [3.05, 3.63) is 64.7 Å². The molecule has 1 N–H and O–H groups in total. The van der Waals surface area contributed by atoms with E-state index >= 15 is 0 Å². The van der Waals surface area contributed by atoms with Gasteiger partial charge in [0.1, 0.15) is 0 Å². The molecule has 2 aromatic carbocycles. The molecule has 0 radical (unpaired) electrons. The number of carbonyl (C=O) groups excluding carboxylic acids is 2. The van der Waals surface area contributed by atoms with Crippen molar-refractivity contribution in [2.24, 2.45) is 5.92 Å². The fourth-order valence-electron chi connectivity index (χ4n) is 2.54. The van der Waals surface area contributed by atoms with Gasteiger partial charge in [0.15, 0.2) is 0 Å². The van der Waals surface area contributed by atoms with Crippen molar-refractivity contribution in [2.75, 3.05) is 12.4 Å². The molecule has 2 rings (SSSR count). The Morgan fingerprint density at radius 2 is 1.58 bits per heavy atom. The number of hydrogen-bond acceptors (Lipinski definition) is 3. The minimum atomic E-state index is -0.408. The lowest BCUT2D eigenvalue weighted by molar-refractivity contribution is -0.118. The second-order valence-corrected chi connectivity index (χ2v) is 6.27. The maximum absolute atomic E-state index is 12.7. The zero-order valence-corrected chi connectivity index (χ0v) is 14.6. The number of halogens is 1. The Kier molecular flexibility index (Phi) is 5.99. The summed E-state index contributed by atoms with van der Waals surface area (Å²) in [5, 5.41) is 3.54. The first kappa shape index (κ1) is 18.0. The van der Waals surface area contributed by atoms with E-state index in [2.05, 4.69) is 10.1 Å². The fraction of sp³-hybridized carbons (Fsp3) is 0.263. The molecule has 0 aliphatic rings. The highest BCUT2D eigenvalue weighted by Gasteiger charge is 2.24. The number of benzene rings is 2. The minimum absolute atomic E-state index is 0.0989. The first-order valence-electron chi connectivity index (χ1n) is 7.67. The summed E-state index contributed by atoms with van der Waals surface area (Å²) in [5.41, 5.74) is 1.99. The van der Waals surface area contributed by atoms with Gasteiger partial charge < -0.3 is 10.1 Å². The summed E-state index contributed by atoms with van der Waals surface area (Å²) < 4.78 is 4.66. The normalized spacial score (nSPS) is 11.9. The summed E-state index contributed by atoms with van der Waals surface area (Å²) in [5.74, 6) is -0.671. The molecule has 0 bridgehead atoms. The molecule has 0 aromatic heterocycles. The van der Waals surface area contributed by atoms with Crippen LogP contribution in [0.15, 0.2) is 48.5 Å². The van der Waals surface area contributed by atoms with Gasteiger partial charge in [0, 0.05) is 10.7 Å². The summed E-state index contributed by atoms with van der Waals surface area (Å²) in [6.45, 7) is 4.00. The molecule has 0 fully saturated rings. The number of carbonyl (C=O) groups is 2. The van der Waals surface area contributed by atoms with Gasteiger partial charge >= 0.3 is 5.97 Å². The van der Waals surface area contributed by atoms with Crippen LogP contribution in [0.3, 0.4) is 0 Å². The van der Waals surface area contributed by atoms with Crippen LogP contribution in [-0.4, -0.2) is 19.0 Å². The number of anilines is 1. The van der Waals surface area contributed by atoms with Gasteiger partial charge in [-0.1, -0.05) is 37.6 Å². The molecule has 0 unspecified atom stereocenters. The summed E-state index contributed by atoms with van der Waals surface area (Å²) >= 11 is 5.92. The Balaban J connectivity index is 2.16. The van der Waals surface area contributed by atoms with Gasteiger partial charge in [-0.15, -0.1) is 0 Å². The van der Waals surface area contributed by atoms with Crippen molar-refractivity contribution >= 4 is 29.2 Å². The van der Waals surface area contributed by atoms with Crippen LogP contribution in [0.1, 0.15) is 35.7 Å². The van der Waals surface area contributed by atoms with Gasteiger partial charge in [0.05, 0.1) is 18.6 Å². The molecule has 5 heteroatoms. The van der Waals surface area contributed by atoms with Crippen molar-refractivity contribution < 1.29 is 14.3 Å². The number of methoxy groups -OCH3 is 1. The molecule has 24 heavy (non-hydrogen) atoms. The Morgan fingerprint density at radius 3 is 2.08 bits per heavy atom. The Morgan fingerprint density at radius 1 is 1.00 bits per heavy atom. The Bertz CT molecular complexity index is 708.